The van der Waals surface area contributed by atoms with E-state index in [9.17, 15) is 9.59 Å². The Hall–Kier alpha value is -4.24. The summed E-state index contributed by atoms with van der Waals surface area (Å²) >= 11 is 1.17. The molecule has 0 aliphatic carbocycles. The highest BCUT2D eigenvalue weighted by molar-refractivity contribution is 7.99. The number of aromatic nitrogens is 3. The number of nitrogens with zero attached hydrogens (tertiary/aromatic N) is 2. The first-order valence-corrected chi connectivity index (χ1v) is 11.8. The molecule has 0 spiro atoms. The molecule has 3 aromatic carbocycles. The lowest BCUT2D eigenvalue weighted by Gasteiger charge is -2.15. The lowest BCUT2D eigenvalue weighted by Crippen LogP contribution is -2.23. The van der Waals surface area contributed by atoms with Crippen molar-refractivity contribution in [1.29, 1.82) is 0 Å². The molecule has 0 unspecified atom stereocenters. The van der Waals surface area contributed by atoms with E-state index in [1.807, 2.05) is 48.5 Å². The van der Waals surface area contributed by atoms with E-state index < -0.39 is 0 Å². The fourth-order valence-electron chi connectivity index (χ4n) is 3.93. The first-order valence-electron chi connectivity index (χ1n) is 10.8. The summed E-state index contributed by atoms with van der Waals surface area (Å²) in [6.07, 6.45) is 0. The first-order chi connectivity index (χ1) is 17.1. The number of hydrogen-bond donors (Lipinski definition) is 2. The predicted molar refractivity (Wildman–Crippen MR) is 138 cm³/mol. The molecule has 0 aliphatic heterocycles. The molecule has 5 rings (SSSR count). The van der Waals surface area contributed by atoms with Gasteiger partial charge in [0.2, 0.25) is 5.91 Å². The van der Waals surface area contributed by atoms with Crippen molar-refractivity contribution < 1.29 is 14.3 Å². The molecule has 2 heterocycles. The van der Waals surface area contributed by atoms with Crippen molar-refractivity contribution in [3.8, 4) is 17.2 Å². The highest BCUT2D eigenvalue weighted by Crippen LogP contribution is 2.30. The first kappa shape index (κ1) is 22.5. The van der Waals surface area contributed by atoms with Crippen molar-refractivity contribution in [2.45, 2.75) is 5.16 Å². The SMILES string of the molecule is COc1ccccc1NC(=O)CSc1nc2c([nH]c3ccccc32)c(=O)n1-c1ccccc1OC. The summed E-state index contributed by atoms with van der Waals surface area (Å²) in [5.74, 6) is 0.870. The quantitative estimate of drug-likeness (QED) is 0.257. The Morgan fingerprint density at radius 1 is 0.971 bits per heavy atom. The van der Waals surface area contributed by atoms with E-state index in [1.165, 1.54) is 16.3 Å². The van der Waals surface area contributed by atoms with Crippen molar-refractivity contribution in [2.75, 3.05) is 25.3 Å². The minimum atomic E-state index is -0.275. The third-order valence-electron chi connectivity index (χ3n) is 5.53. The molecule has 176 valence electrons. The molecule has 0 fully saturated rings. The van der Waals surface area contributed by atoms with Gasteiger partial charge in [0.05, 0.1) is 31.3 Å². The summed E-state index contributed by atoms with van der Waals surface area (Å²) in [6.45, 7) is 0. The fourth-order valence-corrected chi connectivity index (χ4v) is 4.73. The van der Waals surface area contributed by atoms with Gasteiger partial charge in [0.15, 0.2) is 5.16 Å². The monoisotopic (exact) mass is 486 g/mol. The van der Waals surface area contributed by atoms with Crippen molar-refractivity contribution in [2.24, 2.45) is 0 Å². The number of rotatable bonds is 7. The molecule has 8 nitrogen and oxygen atoms in total. The van der Waals surface area contributed by atoms with Crippen molar-refractivity contribution in [1.82, 2.24) is 14.5 Å². The van der Waals surface area contributed by atoms with Crippen LogP contribution in [0.3, 0.4) is 0 Å². The molecule has 1 amide bonds. The maximum Gasteiger partial charge on any atom is 0.283 e. The van der Waals surface area contributed by atoms with E-state index in [4.69, 9.17) is 14.5 Å². The van der Waals surface area contributed by atoms with Crippen molar-refractivity contribution in [3.05, 3.63) is 83.2 Å². The summed E-state index contributed by atoms with van der Waals surface area (Å²) in [4.78, 5) is 34.5. The third-order valence-corrected chi connectivity index (χ3v) is 6.47. The van der Waals surface area contributed by atoms with Gasteiger partial charge >= 0.3 is 0 Å². The van der Waals surface area contributed by atoms with Crippen molar-refractivity contribution in [3.63, 3.8) is 0 Å². The zero-order valence-corrected chi connectivity index (χ0v) is 19.9. The van der Waals surface area contributed by atoms with Crippen LogP contribution in [-0.4, -0.2) is 40.4 Å². The van der Waals surface area contributed by atoms with Crippen molar-refractivity contribution >= 4 is 45.3 Å². The number of nitrogens with one attached hydrogen (secondary N) is 2. The number of thioether (sulfide) groups is 1. The summed E-state index contributed by atoms with van der Waals surface area (Å²) in [7, 11) is 3.10. The largest absolute Gasteiger partial charge is 0.495 e. The lowest BCUT2D eigenvalue weighted by atomic mass is 10.2. The number of amides is 1. The van der Waals surface area contributed by atoms with Crippen LogP contribution < -0.4 is 20.3 Å². The molecular formula is C26H22N4O4S. The number of aromatic amines is 1. The van der Waals surface area contributed by atoms with E-state index in [-0.39, 0.29) is 17.2 Å². The molecule has 0 bridgehead atoms. The summed E-state index contributed by atoms with van der Waals surface area (Å²) in [5, 5.41) is 4.08. The van der Waals surface area contributed by atoms with Crippen LogP contribution in [0.1, 0.15) is 0 Å². The molecule has 2 aromatic heterocycles. The lowest BCUT2D eigenvalue weighted by molar-refractivity contribution is -0.113. The van der Waals surface area contributed by atoms with E-state index in [1.54, 1.807) is 38.5 Å². The van der Waals surface area contributed by atoms with Gasteiger partial charge in [0.1, 0.15) is 22.5 Å². The summed E-state index contributed by atoms with van der Waals surface area (Å²) in [6, 6.07) is 22.0. The average Bonchev–Trinajstić information content (AvgIpc) is 3.27. The molecule has 35 heavy (non-hydrogen) atoms. The van der Waals surface area contributed by atoms with Crippen LogP contribution in [-0.2, 0) is 4.79 Å². The Balaban J connectivity index is 1.58. The Morgan fingerprint density at radius 2 is 1.66 bits per heavy atom. The van der Waals surface area contributed by atoms with Gasteiger partial charge in [0, 0.05) is 10.9 Å². The zero-order chi connectivity index (χ0) is 24.4. The highest BCUT2D eigenvalue weighted by atomic mass is 32.2. The zero-order valence-electron chi connectivity index (χ0n) is 19.1. The molecule has 0 saturated carbocycles. The second kappa shape index (κ2) is 9.55. The topological polar surface area (TPSA) is 98.2 Å². The minimum Gasteiger partial charge on any atom is -0.495 e. The highest BCUT2D eigenvalue weighted by Gasteiger charge is 2.20. The number of fused-ring (bicyclic) bond motifs is 3. The van der Waals surface area contributed by atoms with Crippen LogP contribution in [0.4, 0.5) is 5.69 Å². The fraction of sp³-hybridized carbons (Fsp3) is 0.115. The van der Waals surface area contributed by atoms with Crippen LogP contribution in [0, 0.1) is 0 Å². The van der Waals surface area contributed by atoms with Crippen LogP contribution in [0.5, 0.6) is 11.5 Å². The van der Waals surface area contributed by atoms with Gasteiger partial charge < -0.3 is 19.8 Å². The van der Waals surface area contributed by atoms with E-state index in [0.717, 1.165) is 10.9 Å². The number of para-hydroxylation sites is 5. The molecule has 0 aliphatic rings. The van der Waals surface area contributed by atoms with Gasteiger partial charge in [-0.05, 0) is 30.3 Å². The average molecular weight is 487 g/mol. The number of benzene rings is 3. The number of ether oxygens (including phenoxy) is 2. The number of carbonyl (C=O) groups excluding carboxylic acids is 1. The van der Waals surface area contributed by atoms with Crippen LogP contribution >= 0.6 is 11.8 Å². The molecule has 0 saturated heterocycles. The number of methoxy groups -OCH3 is 2. The normalized spacial score (nSPS) is 11.0. The second-order valence-electron chi connectivity index (χ2n) is 7.64. The molecule has 9 heteroatoms. The van der Waals surface area contributed by atoms with E-state index >= 15 is 0 Å². The van der Waals surface area contributed by atoms with Gasteiger partial charge in [-0.15, -0.1) is 0 Å². The number of H-pyrrole nitrogens is 1. The van der Waals surface area contributed by atoms with Gasteiger partial charge in [-0.1, -0.05) is 54.2 Å². The molecule has 0 radical (unpaired) electrons. The summed E-state index contributed by atoms with van der Waals surface area (Å²) in [5.41, 5.74) is 2.60. The Morgan fingerprint density at radius 3 is 2.46 bits per heavy atom. The Labute approximate surface area is 204 Å². The van der Waals surface area contributed by atoms with Crippen LogP contribution in [0.25, 0.3) is 27.6 Å². The standard InChI is InChI=1S/C26H22N4O4S/c1-33-20-13-7-5-11-18(20)27-22(31)15-35-26-29-23-16-9-3-4-10-17(16)28-24(23)25(32)30(26)19-12-6-8-14-21(19)34-2/h3-14,28H,15H2,1-2H3,(H,27,31). The molecular weight excluding hydrogens is 464 g/mol. The maximum atomic E-state index is 13.7. The van der Waals surface area contributed by atoms with Gasteiger partial charge in [0.25, 0.3) is 5.56 Å². The number of anilines is 1. The van der Waals surface area contributed by atoms with Crippen LogP contribution in [0.2, 0.25) is 0 Å². The van der Waals surface area contributed by atoms with Gasteiger partial charge in [-0.25, -0.2) is 9.55 Å². The second-order valence-corrected chi connectivity index (χ2v) is 8.58. The molecule has 5 aromatic rings. The molecule has 2 N–H and O–H groups in total. The Bertz CT molecular complexity index is 1610. The minimum absolute atomic E-state index is 0.0352. The maximum absolute atomic E-state index is 13.7. The smallest absolute Gasteiger partial charge is 0.283 e. The van der Waals surface area contributed by atoms with E-state index in [2.05, 4.69) is 10.3 Å². The van der Waals surface area contributed by atoms with Gasteiger partial charge in [-0.2, -0.15) is 0 Å². The number of hydrogen-bond acceptors (Lipinski definition) is 6. The van der Waals surface area contributed by atoms with Gasteiger partial charge in [-0.3, -0.25) is 9.59 Å². The molecule has 0 atom stereocenters. The Kier molecular flexibility index (Phi) is 6.15. The number of carbonyl (C=O) groups is 1. The van der Waals surface area contributed by atoms with E-state index in [0.29, 0.717) is 39.1 Å². The van der Waals surface area contributed by atoms with Crippen LogP contribution in [0.15, 0.2) is 82.7 Å². The third kappa shape index (κ3) is 4.22. The summed E-state index contributed by atoms with van der Waals surface area (Å²) < 4.78 is 12.3. The predicted octanol–water partition coefficient (Wildman–Crippen LogP) is 4.62.